The molecule has 0 spiro atoms. The van der Waals surface area contributed by atoms with Gasteiger partial charge in [-0.2, -0.15) is 13.2 Å². The van der Waals surface area contributed by atoms with Crippen LogP contribution in [0.15, 0.2) is 17.4 Å². The number of imidazole rings is 1. The maximum atomic E-state index is 13.5. The number of hydrogen-bond acceptors (Lipinski definition) is 4. The lowest BCUT2D eigenvalue weighted by Gasteiger charge is -2.30. The standard InChI is InChI=1S/C17H29F3N6O2/c1-6-21-14(24-11-12(27)25-15(2,3)4)23-8-7-16(28,17(18,19)20)13-22-9-10-26(13)5/h9-10,28H,6-8,11H2,1-5H3,(H,25,27)(H2,21,23,24). The third-order valence-corrected chi connectivity index (χ3v) is 3.68. The number of rotatable bonds is 7. The second kappa shape index (κ2) is 9.26. The monoisotopic (exact) mass is 406 g/mol. The van der Waals surface area contributed by atoms with Gasteiger partial charge in [0.25, 0.3) is 0 Å². The number of carbonyl (C=O) groups excluding carboxylic acids is 1. The molecule has 1 aromatic heterocycles. The van der Waals surface area contributed by atoms with E-state index >= 15 is 0 Å². The van der Waals surface area contributed by atoms with Crippen molar-refractivity contribution in [2.24, 2.45) is 12.0 Å². The van der Waals surface area contributed by atoms with Crippen LogP contribution in [0.3, 0.4) is 0 Å². The predicted octanol–water partition coefficient (Wildman–Crippen LogP) is 1.03. The molecular weight excluding hydrogens is 377 g/mol. The Kier molecular flexibility index (Phi) is 7.85. The van der Waals surface area contributed by atoms with Gasteiger partial charge in [0.2, 0.25) is 11.5 Å². The number of aryl methyl sites for hydroxylation is 1. The van der Waals surface area contributed by atoms with Crippen LogP contribution >= 0.6 is 0 Å². The van der Waals surface area contributed by atoms with Crippen LogP contribution in [0.5, 0.6) is 0 Å². The molecule has 1 heterocycles. The summed E-state index contributed by atoms with van der Waals surface area (Å²) in [7, 11) is 1.38. The Labute approximate surface area is 162 Å². The minimum absolute atomic E-state index is 0.177. The van der Waals surface area contributed by atoms with Gasteiger partial charge in [0.05, 0.1) is 0 Å². The first-order chi connectivity index (χ1) is 12.8. The zero-order valence-corrected chi connectivity index (χ0v) is 16.8. The summed E-state index contributed by atoms with van der Waals surface area (Å²) in [5.41, 5.74) is -3.52. The van der Waals surface area contributed by atoms with E-state index in [-0.39, 0.29) is 25.0 Å². The van der Waals surface area contributed by atoms with Gasteiger partial charge >= 0.3 is 6.18 Å². The van der Waals surface area contributed by atoms with Crippen molar-refractivity contribution < 1.29 is 23.1 Å². The van der Waals surface area contributed by atoms with Crippen molar-refractivity contribution in [1.29, 1.82) is 0 Å². The van der Waals surface area contributed by atoms with E-state index in [4.69, 9.17) is 0 Å². The molecule has 1 aromatic rings. The number of alkyl halides is 3. The second-order valence-electron chi connectivity index (χ2n) is 7.39. The van der Waals surface area contributed by atoms with Gasteiger partial charge in [-0.05, 0) is 27.7 Å². The molecule has 0 aliphatic heterocycles. The average molecular weight is 406 g/mol. The van der Waals surface area contributed by atoms with Crippen molar-refractivity contribution in [3.05, 3.63) is 18.2 Å². The average Bonchev–Trinajstić information content (AvgIpc) is 2.96. The molecule has 0 radical (unpaired) electrons. The molecule has 0 saturated carbocycles. The first-order valence-corrected chi connectivity index (χ1v) is 8.90. The summed E-state index contributed by atoms with van der Waals surface area (Å²) in [6.45, 7) is 7.29. The largest absolute Gasteiger partial charge is 0.424 e. The van der Waals surface area contributed by atoms with Crippen molar-refractivity contribution in [2.45, 2.75) is 51.4 Å². The lowest BCUT2D eigenvalue weighted by molar-refractivity contribution is -0.272. The summed E-state index contributed by atoms with van der Waals surface area (Å²) in [5.74, 6) is -0.631. The third-order valence-electron chi connectivity index (χ3n) is 3.68. The van der Waals surface area contributed by atoms with E-state index < -0.39 is 29.6 Å². The molecule has 28 heavy (non-hydrogen) atoms. The van der Waals surface area contributed by atoms with Crippen LogP contribution in [0.25, 0.3) is 0 Å². The first-order valence-electron chi connectivity index (χ1n) is 8.90. The van der Waals surface area contributed by atoms with Crippen molar-refractivity contribution in [3.63, 3.8) is 0 Å². The molecule has 4 N–H and O–H groups in total. The van der Waals surface area contributed by atoms with Crippen LogP contribution in [0.1, 0.15) is 39.9 Å². The molecule has 1 amide bonds. The lowest BCUT2D eigenvalue weighted by atomic mass is 9.97. The normalized spacial score (nSPS) is 15.1. The Hall–Kier alpha value is -2.30. The fourth-order valence-electron chi connectivity index (χ4n) is 2.46. The summed E-state index contributed by atoms with van der Waals surface area (Å²) >= 11 is 0. The van der Waals surface area contributed by atoms with Gasteiger partial charge in [-0.25, -0.2) is 9.98 Å². The number of aliphatic imine (C=N–C) groups is 1. The Morgan fingerprint density at radius 3 is 2.39 bits per heavy atom. The van der Waals surface area contributed by atoms with Crippen LogP contribution in [-0.4, -0.2) is 57.9 Å². The van der Waals surface area contributed by atoms with Crippen molar-refractivity contribution in [3.8, 4) is 0 Å². The summed E-state index contributed by atoms with van der Waals surface area (Å²) in [5, 5.41) is 18.6. The van der Waals surface area contributed by atoms with Gasteiger partial charge in [-0.15, -0.1) is 0 Å². The molecule has 0 bridgehead atoms. The van der Waals surface area contributed by atoms with Crippen LogP contribution in [0, 0.1) is 0 Å². The quantitative estimate of drug-likeness (QED) is 0.400. The highest BCUT2D eigenvalue weighted by molar-refractivity contribution is 5.85. The Morgan fingerprint density at radius 1 is 1.29 bits per heavy atom. The van der Waals surface area contributed by atoms with Gasteiger partial charge in [0, 0.05) is 44.5 Å². The van der Waals surface area contributed by atoms with E-state index in [2.05, 4.69) is 25.9 Å². The number of guanidine groups is 1. The molecule has 160 valence electrons. The van der Waals surface area contributed by atoms with E-state index in [0.29, 0.717) is 6.54 Å². The first kappa shape index (κ1) is 23.7. The summed E-state index contributed by atoms with van der Waals surface area (Å²) in [6.07, 6.45) is -3.06. The van der Waals surface area contributed by atoms with Gasteiger partial charge in [-0.3, -0.25) is 4.79 Å². The van der Waals surface area contributed by atoms with Crippen molar-refractivity contribution in [2.75, 3.05) is 19.6 Å². The molecule has 11 heteroatoms. The van der Waals surface area contributed by atoms with Crippen molar-refractivity contribution in [1.82, 2.24) is 25.5 Å². The summed E-state index contributed by atoms with van der Waals surface area (Å²) < 4.78 is 41.6. The molecule has 0 aliphatic carbocycles. The summed E-state index contributed by atoms with van der Waals surface area (Å²) in [6, 6.07) is 0. The number of nitrogens with one attached hydrogen (secondary N) is 3. The molecule has 1 rings (SSSR count). The summed E-state index contributed by atoms with van der Waals surface area (Å²) in [4.78, 5) is 19.6. The van der Waals surface area contributed by atoms with Crippen molar-refractivity contribution >= 4 is 11.9 Å². The van der Waals surface area contributed by atoms with E-state index in [0.717, 1.165) is 4.57 Å². The fraction of sp³-hybridized carbons (Fsp3) is 0.706. The topological polar surface area (TPSA) is 104 Å². The Morgan fingerprint density at radius 2 is 1.93 bits per heavy atom. The zero-order chi connectivity index (χ0) is 21.6. The zero-order valence-electron chi connectivity index (χ0n) is 16.8. The molecule has 0 fully saturated rings. The maximum Gasteiger partial charge on any atom is 0.424 e. The number of amides is 1. The Balaban J connectivity index is 2.80. The number of aromatic nitrogens is 2. The molecule has 1 atom stereocenters. The smallest absolute Gasteiger partial charge is 0.374 e. The van der Waals surface area contributed by atoms with Gasteiger partial charge < -0.3 is 25.6 Å². The van der Waals surface area contributed by atoms with Gasteiger partial charge in [0.1, 0.15) is 12.4 Å². The number of hydrogen-bond donors (Lipinski definition) is 4. The minimum atomic E-state index is -4.91. The number of halogens is 3. The van der Waals surface area contributed by atoms with E-state index in [1.807, 2.05) is 20.8 Å². The molecule has 0 saturated heterocycles. The SMILES string of the molecule is CCNC(=NCC(=O)NC(C)(C)C)NCCC(O)(c1nccn1C)C(F)(F)F. The number of carbonyl (C=O) groups is 1. The molecule has 8 nitrogen and oxygen atoms in total. The minimum Gasteiger partial charge on any atom is -0.374 e. The molecule has 0 aliphatic rings. The van der Waals surface area contributed by atoms with Crippen LogP contribution < -0.4 is 16.0 Å². The molecule has 0 aromatic carbocycles. The van der Waals surface area contributed by atoms with E-state index in [9.17, 15) is 23.1 Å². The van der Waals surface area contributed by atoms with Gasteiger partial charge in [-0.1, -0.05) is 0 Å². The van der Waals surface area contributed by atoms with Crippen LogP contribution in [0.2, 0.25) is 0 Å². The lowest BCUT2D eigenvalue weighted by Crippen LogP contribution is -2.48. The predicted molar refractivity (Wildman–Crippen MR) is 99.7 cm³/mol. The fourth-order valence-corrected chi connectivity index (χ4v) is 2.46. The number of aliphatic hydroxyl groups is 1. The molecule has 1 unspecified atom stereocenters. The van der Waals surface area contributed by atoms with Crippen LogP contribution in [-0.2, 0) is 17.4 Å². The molecular formula is C17H29F3N6O2. The second-order valence-corrected chi connectivity index (χ2v) is 7.39. The van der Waals surface area contributed by atoms with E-state index in [1.54, 1.807) is 6.92 Å². The number of nitrogens with zero attached hydrogens (tertiary/aromatic N) is 3. The highest BCUT2D eigenvalue weighted by Crippen LogP contribution is 2.40. The Bertz CT molecular complexity index is 681. The highest BCUT2D eigenvalue weighted by Gasteiger charge is 2.57. The third kappa shape index (κ3) is 6.70. The highest BCUT2D eigenvalue weighted by atomic mass is 19.4. The van der Waals surface area contributed by atoms with E-state index in [1.165, 1.54) is 19.4 Å². The maximum absolute atomic E-state index is 13.5. The van der Waals surface area contributed by atoms with Gasteiger partial charge in [0.15, 0.2) is 5.96 Å². The van der Waals surface area contributed by atoms with Crippen LogP contribution in [0.4, 0.5) is 13.2 Å².